The van der Waals surface area contributed by atoms with E-state index in [0.29, 0.717) is 22.1 Å². The molecule has 27 heavy (non-hydrogen) atoms. The third-order valence-electron chi connectivity index (χ3n) is 4.27. The summed E-state index contributed by atoms with van der Waals surface area (Å²) >= 11 is 6.15. The molecule has 146 valence electrons. The van der Waals surface area contributed by atoms with E-state index < -0.39 is 15.9 Å². The first-order valence-corrected chi connectivity index (χ1v) is 9.99. The van der Waals surface area contributed by atoms with Crippen molar-refractivity contribution in [1.29, 1.82) is 0 Å². The maximum Gasteiger partial charge on any atom is 0.248 e. The summed E-state index contributed by atoms with van der Waals surface area (Å²) in [6, 6.07) is 3.06. The molecule has 9 heteroatoms. The van der Waals surface area contributed by atoms with Crippen molar-refractivity contribution in [3.8, 4) is 0 Å². The standard InChI is InChI=1S/C18H23ClN4O3S/c1-11-9-14(27(25,26)22(4)5)10-16(12(11)2)20-17(24)8-7-15-13(3)21-23(6)18(15)19/h7-10H,1-6H3,(H,20,24)/b8-7+. The third-order valence-corrected chi connectivity index (χ3v) is 6.52. The first-order valence-electron chi connectivity index (χ1n) is 8.17. The Morgan fingerprint density at radius 2 is 1.89 bits per heavy atom. The topological polar surface area (TPSA) is 84.3 Å². The Balaban J connectivity index is 2.32. The number of anilines is 1. The van der Waals surface area contributed by atoms with Crippen molar-refractivity contribution in [1.82, 2.24) is 14.1 Å². The Labute approximate surface area is 164 Å². The van der Waals surface area contributed by atoms with Crippen molar-refractivity contribution >= 4 is 39.3 Å². The lowest BCUT2D eigenvalue weighted by Gasteiger charge is -2.16. The molecule has 0 unspecified atom stereocenters. The minimum atomic E-state index is -3.60. The lowest BCUT2D eigenvalue weighted by Crippen LogP contribution is -2.22. The molecule has 0 aliphatic heterocycles. The molecule has 7 nitrogen and oxygen atoms in total. The van der Waals surface area contributed by atoms with Crippen LogP contribution in [0.3, 0.4) is 0 Å². The minimum absolute atomic E-state index is 0.126. The Hall–Kier alpha value is -2.16. The number of sulfonamides is 1. The molecule has 0 saturated carbocycles. The molecule has 0 radical (unpaired) electrons. The number of nitrogens with zero attached hydrogens (tertiary/aromatic N) is 3. The zero-order valence-electron chi connectivity index (χ0n) is 16.2. The molecular formula is C18H23ClN4O3S. The number of hydrogen-bond acceptors (Lipinski definition) is 4. The normalized spacial score (nSPS) is 12.1. The molecule has 0 aliphatic carbocycles. The van der Waals surface area contributed by atoms with Crippen LogP contribution in [0, 0.1) is 20.8 Å². The SMILES string of the molecule is Cc1cc(S(=O)(=O)N(C)C)cc(NC(=O)/C=C/c2c(C)nn(C)c2Cl)c1C. The van der Waals surface area contributed by atoms with Crippen molar-refractivity contribution in [2.45, 2.75) is 25.7 Å². The highest BCUT2D eigenvalue weighted by molar-refractivity contribution is 7.89. The van der Waals surface area contributed by atoms with Gasteiger partial charge in [-0.25, -0.2) is 12.7 Å². The summed E-state index contributed by atoms with van der Waals surface area (Å²) in [6.45, 7) is 5.42. The van der Waals surface area contributed by atoms with Gasteiger partial charge in [-0.1, -0.05) is 11.6 Å². The van der Waals surface area contributed by atoms with Crippen LogP contribution in [0.15, 0.2) is 23.1 Å². The highest BCUT2D eigenvalue weighted by Gasteiger charge is 2.20. The Morgan fingerprint density at radius 1 is 1.26 bits per heavy atom. The summed E-state index contributed by atoms with van der Waals surface area (Å²) in [4.78, 5) is 12.5. The molecule has 0 atom stereocenters. The van der Waals surface area contributed by atoms with Crippen LogP contribution in [0.5, 0.6) is 0 Å². The van der Waals surface area contributed by atoms with Crippen molar-refractivity contribution in [2.24, 2.45) is 7.05 Å². The van der Waals surface area contributed by atoms with E-state index in [1.165, 1.54) is 30.9 Å². The number of rotatable bonds is 5. The second-order valence-electron chi connectivity index (χ2n) is 6.44. The van der Waals surface area contributed by atoms with E-state index in [1.54, 1.807) is 33.0 Å². The van der Waals surface area contributed by atoms with Crippen LogP contribution in [0.2, 0.25) is 5.15 Å². The summed E-state index contributed by atoms with van der Waals surface area (Å²) in [6.07, 6.45) is 2.93. The highest BCUT2D eigenvalue weighted by atomic mass is 35.5. The van der Waals surface area contributed by atoms with E-state index in [0.717, 1.165) is 15.4 Å². The second-order valence-corrected chi connectivity index (χ2v) is 8.95. The van der Waals surface area contributed by atoms with E-state index in [2.05, 4.69) is 10.4 Å². The molecule has 2 aromatic rings. The maximum absolute atomic E-state index is 12.4. The Morgan fingerprint density at radius 3 is 2.41 bits per heavy atom. The van der Waals surface area contributed by atoms with Crippen molar-refractivity contribution in [2.75, 3.05) is 19.4 Å². The van der Waals surface area contributed by atoms with Gasteiger partial charge in [0.1, 0.15) is 5.15 Å². The number of carbonyl (C=O) groups is 1. The minimum Gasteiger partial charge on any atom is -0.322 e. The van der Waals surface area contributed by atoms with E-state index >= 15 is 0 Å². The molecular weight excluding hydrogens is 388 g/mol. The van der Waals surface area contributed by atoms with Crippen LogP contribution in [-0.2, 0) is 21.9 Å². The van der Waals surface area contributed by atoms with Gasteiger partial charge in [0.2, 0.25) is 15.9 Å². The Bertz CT molecular complexity index is 1020. The summed E-state index contributed by atoms with van der Waals surface area (Å²) in [5.41, 5.74) is 3.37. The number of amides is 1. The van der Waals surface area contributed by atoms with Gasteiger partial charge in [-0.2, -0.15) is 5.10 Å². The molecule has 0 aliphatic rings. The summed E-state index contributed by atoms with van der Waals surface area (Å²) in [7, 11) is 1.04. The van der Waals surface area contributed by atoms with Crippen LogP contribution >= 0.6 is 11.6 Å². The summed E-state index contributed by atoms with van der Waals surface area (Å²) < 4.78 is 27.5. The number of aryl methyl sites for hydroxylation is 3. The second kappa shape index (κ2) is 7.84. The molecule has 1 aromatic heterocycles. The monoisotopic (exact) mass is 410 g/mol. The van der Waals surface area contributed by atoms with Crippen molar-refractivity contribution < 1.29 is 13.2 Å². The molecule has 1 aromatic carbocycles. The van der Waals surface area contributed by atoms with E-state index in [9.17, 15) is 13.2 Å². The number of hydrogen-bond donors (Lipinski definition) is 1. The summed E-state index contributed by atoms with van der Waals surface area (Å²) in [5.74, 6) is -0.392. The van der Waals surface area contributed by atoms with Gasteiger partial charge in [0.05, 0.1) is 10.6 Å². The third kappa shape index (κ3) is 4.40. The molecule has 0 bridgehead atoms. The predicted octanol–water partition coefficient (Wildman–Crippen LogP) is 2.90. The lowest BCUT2D eigenvalue weighted by atomic mass is 10.1. The molecule has 1 amide bonds. The largest absolute Gasteiger partial charge is 0.322 e. The number of carbonyl (C=O) groups excluding carboxylic acids is 1. The zero-order chi connectivity index (χ0) is 20.5. The van der Waals surface area contributed by atoms with Gasteiger partial charge >= 0.3 is 0 Å². The van der Waals surface area contributed by atoms with Gasteiger partial charge in [-0.3, -0.25) is 9.48 Å². The van der Waals surface area contributed by atoms with E-state index in [-0.39, 0.29) is 4.90 Å². The van der Waals surface area contributed by atoms with Gasteiger partial charge < -0.3 is 5.32 Å². The van der Waals surface area contributed by atoms with Gasteiger partial charge in [0.25, 0.3) is 0 Å². The molecule has 0 fully saturated rings. The maximum atomic E-state index is 12.4. The number of benzene rings is 1. The lowest BCUT2D eigenvalue weighted by molar-refractivity contribution is -0.111. The van der Waals surface area contributed by atoms with Crippen LogP contribution < -0.4 is 5.32 Å². The first-order chi connectivity index (χ1) is 12.4. The average Bonchev–Trinajstić information content (AvgIpc) is 2.81. The first kappa shape index (κ1) is 21.1. The Kier molecular flexibility index (Phi) is 6.14. The smallest absolute Gasteiger partial charge is 0.248 e. The van der Waals surface area contributed by atoms with Crippen LogP contribution in [-0.4, -0.2) is 42.5 Å². The molecule has 0 spiro atoms. The predicted molar refractivity (Wildman–Crippen MR) is 107 cm³/mol. The number of nitrogens with one attached hydrogen (secondary N) is 1. The van der Waals surface area contributed by atoms with Crippen molar-refractivity contribution in [3.05, 3.63) is 45.7 Å². The van der Waals surface area contributed by atoms with Crippen molar-refractivity contribution in [3.63, 3.8) is 0 Å². The highest BCUT2D eigenvalue weighted by Crippen LogP contribution is 2.26. The molecule has 0 saturated heterocycles. The number of halogens is 1. The molecule has 2 rings (SSSR count). The van der Waals surface area contributed by atoms with Crippen LogP contribution in [0.25, 0.3) is 6.08 Å². The quantitative estimate of drug-likeness (QED) is 0.768. The van der Waals surface area contributed by atoms with Crippen LogP contribution in [0.4, 0.5) is 5.69 Å². The fourth-order valence-corrected chi connectivity index (χ4v) is 3.74. The van der Waals surface area contributed by atoms with E-state index in [1.807, 2.05) is 6.92 Å². The zero-order valence-corrected chi connectivity index (χ0v) is 17.7. The van der Waals surface area contributed by atoms with E-state index in [4.69, 9.17) is 11.6 Å². The molecule has 1 heterocycles. The van der Waals surface area contributed by atoms with Gasteiger partial charge in [0.15, 0.2) is 0 Å². The summed E-state index contributed by atoms with van der Waals surface area (Å²) in [5, 5.41) is 7.36. The van der Waals surface area contributed by atoms with Gasteiger partial charge in [-0.05, 0) is 50.1 Å². The number of aromatic nitrogens is 2. The molecule has 1 N–H and O–H groups in total. The van der Waals surface area contributed by atoms with Gasteiger partial charge in [-0.15, -0.1) is 0 Å². The average molecular weight is 411 g/mol. The fourth-order valence-electron chi connectivity index (χ4n) is 2.48. The van der Waals surface area contributed by atoms with Gasteiger partial charge in [0, 0.05) is 38.5 Å². The fraction of sp³-hybridized carbons (Fsp3) is 0.333. The van der Waals surface area contributed by atoms with Crippen LogP contribution in [0.1, 0.15) is 22.4 Å².